The van der Waals surface area contributed by atoms with Crippen LogP contribution in [0.4, 0.5) is 11.4 Å². The lowest BCUT2D eigenvalue weighted by molar-refractivity contribution is -0.383. The van der Waals surface area contributed by atoms with Gasteiger partial charge in [0, 0.05) is 24.1 Å². The number of para-hydroxylation sites is 2. The van der Waals surface area contributed by atoms with Gasteiger partial charge in [0.25, 0.3) is 11.6 Å². The molecule has 4 rings (SSSR count). The highest BCUT2D eigenvalue weighted by molar-refractivity contribution is 6.31. The van der Waals surface area contributed by atoms with Crippen LogP contribution in [0.2, 0.25) is 5.02 Å². The maximum atomic E-state index is 12.8. The third kappa shape index (κ3) is 2.89. The summed E-state index contributed by atoms with van der Waals surface area (Å²) in [6.07, 6.45) is 0.263. The normalized spacial score (nSPS) is 13.5. The molecule has 0 saturated heterocycles. The molecule has 0 spiro atoms. The van der Waals surface area contributed by atoms with Crippen LogP contribution in [0.3, 0.4) is 0 Å². The van der Waals surface area contributed by atoms with Crippen molar-refractivity contribution in [1.29, 1.82) is 0 Å². The number of hydrogen-bond acceptors (Lipinski definition) is 5. The van der Waals surface area contributed by atoms with Crippen LogP contribution in [0.15, 0.2) is 48.2 Å². The highest BCUT2D eigenvalue weighted by Crippen LogP contribution is 2.32. The highest BCUT2D eigenvalue weighted by Gasteiger charge is 2.29. The summed E-state index contributed by atoms with van der Waals surface area (Å²) >= 11 is 5.80. The number of rotatable bonds is 3. The first-order valence-electron chi connectivity index (χ1n) is 8.09. The standard InChI is InChI=1S/C18H13ClN4O4/c19-10-5-6-12(14(9-10)23(26)27)21-18(25)16-15(24)7-8-22-13-4-2-1-3-11(13)20-17(16)22/h1-6,9,24H,7-8H2,(H,21,25). The second-order valence-electron chi connectivity index (χ2n) is 6.02. The van der Waals surface area contributed by atoms with E-state index in [4.69, 9.17) is 11.6 Å². The predicted molar refractivity (Wildman–Crippen MR) is 101 cm³/mol. The molecule has 1 aliphatic heterocycles. The van der Waals surface area contributed by atoms with Crippen LogP contribution in [0.1, 0.15) is 12.2 Å². The first-order chi connectivity index (χ1) is 13.0. The van der Waals surface area contributed by atoms with Gasteiger partial charge in [0.05, 0.1) is 16.0 Å². The largest absolute Gasteiger partial charge is 0.511 e. The molecule has 1 amide bonds. The molecule has 2 aromatic carbocycles. The number of nitro benzene ring substituents is 1. The molecule has 136 valence electrons. The number of amides is 1. The quantitative estimate of drug-likeness (QED) is 0.525. The number of halogens is 1. The van der Waals surface area contributed by atoms with E-state index in [0.29, 0.717) is 17.9 Å². The third-order valence-electron chi connectivity index (χ3n) is 4.37. The molecule has 0 fully saturated rings. The Balaban J connectivity index is 1.76. The number of benzene rings is 2. The molecular weight excluding hydrogens is 372 g/mol. The summed E-state index contributed by atoms with van der Waals surface area (Å²) in [4.78, 5) is 27.9. The van der Waals surface area contributed by atoms with E-state index in [1.165, 1.54) is 12.1 Å². The molecule has 0 saturated carbocycles. The van der Waals surface area contributed by atoms with Crippen LogP contribution in [-0.2, 0) is 11.3 Å². The highest BCUT2D eigenvalue weighted by atomic mass is 35.5. The van der Waals surface area contributed by atoms with Crippen LogP contribution in [-0.4, -0.2) is 25.5 Å². The zero-order valence-corrected chi connectivity index (χ0v) is 14.6. The average Bonchev–Trinajstić information content (AvgIpc) is 3.01. The fourth-order valence-corrected chi connectivity index (χ4v) is 3.31. The summed E-state index contributed by atoms with van der Waals surface area (Å²) in [7, 11) is 0. The lowest BCUT2D eigenvalue weighted by Crippen LogP contribution is -2.22. The van der Waals surface area contributed by atoms with Gasteiger partial charge in [-0.15, -0.1) is 0 Å². The number of imidazole rings is 1. The molecule has 0 aliphatic carbocycles. The van der Waals surface area contributed by atoms with Crippen molar-refractivity contribution in [2.45, 2.75) is 13.0 Å². The van der Waals surface area contributed by atoms with E-state index in [-0.39, 0.29) is 34.2 Å². The van der Waals surface area contributed by atoms with Crippen LogP contribution >= 0.6 is 11.6 Å². The summed E-state index contributed by atoms with van der Waals surface area (Å²) in [5.74, 6) is -0.449. The lowest BCUT2D eigenvalue weighted by atomic mass is 10.1. The molecule has 8 nitrogen and oxygen atoms in total. The van der Waals surface area contributed by atoms with E-state index >= 15 is 0 Å². The van der Waals surface area contributed by atoms with Gasteiger partial charge in [0.15, 0.2) is 0 Å². The van der Waals surface area contributed by atoms with Gasteiger partial charge in [-0.25, -0.2) is 4.98 Å². The van der Waals surface area contributed by atoms with Gasteiger partial charge in [0.2, 0.25) is 0 Å². The molecule has 27 heavy (non-hydrogen) atoms. The molecule has 1 aliphatic rings. The number of nitrogens with zero attached hydrogens (tertiary/aromatic N) is 3. The number of fused-ring (bicyclic) bond motifs is 3. The molecule has 0 atom stereocenters. The molecule has 3 aromatic rings. The van der Waals surface area contributed by atoms with Crippen LogP contribution < -0.4 is 5.32 Å². The average molecular weight is 385 g/mol. The Morgan fingerprint density at radius 2 is 2.07 bits per heavy atom. The first kappa shape index (κ1) is 17.0. The SMILES string of the molecule is O=C(Nc1ccc(Cl)cc1[N+](=O)[O-])C1=C(O)CCn2c1nc1ccccc12. The van der Waals surface area contributed by atoms with E-state index in [1.54, 1.807) is 0 Å². The van der Waals surface area contributed by atoms with Crippen molar-refractivity contribution < 1.29 is 14.8 Å². The predicted octanol–water partition coefficient (Wildman–Crippen LogP) is 3.91. The van der Waals surface area contributed by atoms with E-state index in [9.17, 15) is 20.0 Å². The van der Waals surface area contributed by atoms with Crippen LogP contribution in [0.5, 0.6) is 0 Å². The van der Waals surface area contributed by atoms with E-state index in [2.05, 4.69) is 10.3 Å². The Morgan fingerprint density at radius 1 is 1.30 bits per heavy atom. The summed E-state index contributed by atoms with van der Waals surface area (Å²) in [6, 6.07) is 11.3. The van der Waals surface area contributed by atoms with Gasteiger partial charge >= 0.3 is 0 Å². The zero-order valence-electron chi connectivity index (χ0n) is 13.8. The number of aromatic nitrogens is 2. The molecule has 2 heterocycles. The van der Waals surface area contributed by atoms with Crippen molar-refractivity contribution in [1.82, 2.24) is 9.55 Å². The maximum absolute atomic E-state index is 12.8. The Hall–Kier alpha value is -3.39. The van der Waals surface area contributed by atoms with Crippen molar-refractivity contribution >= 4 is 45.5 Å². The van der Waals surface area contributed by atoms with E-state index in [1.807, 2.05) is 28.8 Å². The minimum absolute atomic E-state index is 0.00157. The molecule has 2 N–H and O–H groups in total. The number of aryl methyl sites for hydroxylation is 1. The van der Waals surface area contributed by atoms with Crippen molar-refractivity contribution in [2.24, 2.45) is 0 Å². The van der Waals surface area contributed by atoms with Gasteiger partial charge in [-0.05, 0) is 24.3 Å². The smallest absolute Gasteiger partial charge is 0.294 e. The molecule has 0 bridgehead atoms. The summed E-state index contributed by atoms with van der Waals surface area (Å²) in [6.45, 7) is 0.486. The number of carbonyl (C=O) groups excluding carboxylic acids is 1. The van der Waals surface area contributed by atoms with E-state index in [0.717, 1.165) is 11.6 Å². The number of nitrogens with one attached hydrogen (secondary N) is 1. The summed E-state index contributed by atoms with van der Waals surface area (Å²) < 4.78 is 1.85. The van der Waals surface area contributed by atoms with Crippen molar-refractivity contribution in [3.05, 3.63) is 69.2 Å². The Bertz CT molecular complexity index is 1140. The first-order valence-corrected chi connectivity index (χ1v) is 8.46. The number of carbonyl (C=O) groups is 1. The number of aliphatic hydroxyl groups is 1. The topological polar surface area (TPSA) is 110 Å². The van der Waals surface area contributed by atoms with Crippen molar-refractivity contribution in [3.8, 4) is 0 Å². The number of hydrogen-bond donors (Lipinski definition) is 2. The third-order valence-corrected chi connectivity index (χ3v) is 4.61. The molecule has 9 heteroatoms. The fraction of sp³-hybridized carbons (Fsp3) is 0.111. The lowest BCUT2D eigenvalue weighted by Gasteiger charge is -2.18. The van der Waals surface area contributed by atoms with Crippen molar-refractivity contribution in [3.63, 3.8) is 0 Å². The Morgan fingerprint density at radius 3 is 2.85 bits per heavy atom. The maximum Gasteiger partial charge on any atom is 0.294 e. The minimum Gasteiger partial charge on any atom is -0.511 e. The molecule has 1 aromatic heterocycles. The zero-order chi connectivity index (χ0) is 19.1. The van der Waals surface area contributed by atoms with Gasteiger partial charge in [-0.3, -0.25) is 14.9 Å². The van der Waals surface area contributed by atoms with Crippen LogP contribution in [0.25, 0.3) is 16.6 Å². The number of allylic oxidation sites excluding steroid dienone is 1. The minimum atomic E-state index is -0.672. The number of anilines is 1. The number of nitro groups is 1. The van der Waals surface area contributed by atoms with Crippen LogP contribution in [0, 0.1) is 10.1 Å². The fourth-order valence-electron chi connectivity index (χ4n) is 3.14. The molecule has 0 radical (unpaired) electrons. The van der Waals surface area contributed by atoms with Gasteiger partial charge in [-0.2, -0.15) is 0 Å². The monoisotopic (exact) mass is 384 g/mol. The van der Waals surface area contributed by atoms with Gasteiger partial charge in [0.1, 0.15) is 22.8 Å². The number of aliphatic hydroxyl groups excluding tert-OH is 1. The Labute approximate surface area is 157 Å². The van der Waals surface area contributed by atoms with Gasteiger partial charge < -0.3 is 15.0 Å². The molecular formula is C18H13ClN4O4. The second-order valence-corrected chi connectivity index (χ2v) is 6.46. The van der Waals surface area contributed by atoms with Gasteiger partial charge in [-0.1, -0.05) is 23.7 Å². The Kier molecular flexibility index (Phi) is 4.04. The summed E-state index contributed by atoms with van der Waals surface area (Å²) in [5, 5.41) is 24.2. The molecule has 0 unspecified atom stereocenters. The van der Waals surface area contributed by atoms with Crippen molar-refractivity contribution in [2.75, 3.05) is 5.32 Å². The summed E-state index contributed by atoms with van der Waals surface area (Å²) in [5.41, 5.74) is 1.21. The van der Waals surface area contributed by atoms with E-state index < -0.39 is 10.8 Å². The second kappa shape index (κ2) is 6.40.